The highest BCUT2D eigenvalue weighted by molar-refractivity contribution is 6.32. The molecule has 0 saturated heterocycles. The topological polar surface area (TPSA) is 21.3 Å². The van der Waals surface area contributed by atoms with Crippen LogP contribution in [0.25, 0.3) is 0 Å². The Labute approximate surface area is 64.7 Å². The van der Waals surface area contributed by atoms with Crippen LogP contribution in [-0.4, -0.2) is 7.05 Å². The van der Waals surface area contributed by atoms with Crippen LogP contribution < -0.4 is 10.3 Å². The lowest BCUT2D eigenvalue weighted by Gasteiger charge is -2.02. The van der Waals surface area contributed by atoms with Gasteiger partial charge in [-0.05, 0) is 12.1 Å². The van der Waals surface area contributed by atoms with Gasteiger partial charge >= 0.3 is 0 Å². The molecule has 10 heavy (non-hydrogen) atoms. The Bertz CT molecular complexity index is 215. The number of hydrogen-bond acceptors (Lipinski definition) is 2. The van der Waals surface area contributed by atoms with E-state index in [0.717, 1.165) is 0 Å². The van der Waals surface area contributed by atoms with Gasteiger partial charge in [0.05, 0.1) is 5.02 Å². The van der Waals surface area contributed by atoms with E-state index in [4.69, 9.17) is 16.4 Å². The van der Waals surface area contributed by atoms with E-state index >= 15 is 0 Å². The highest BCUT2D eigenvalue weighted by atomic mass is 35.5. The van der Waals surface area contributed by atoms with Gasteiger partial charge in [0.1, 0.15) is 0 Å². The number of benzene rings is 1. The maximum absolute atomic E-state index is 5.74. The molecule has 0 spiro atoms. The van der Waals surface area contributed by atoms with Crippen molar-refractivity contribution in [2.24, 2.45) is 0 Å². The van der Waals surface area contributed by atoms with E-state index < -0.39 is 0 Å². The van der Waals surface area contributed by atoms with Gasteiger partial charge < -0.3 is 4.84 Å². The van der Waals surface area contributed by atoms with Crippen LogP contribution in [-0.2, 0) is 0 Å². The number of hydrogen-bond donors (Lipinski definition) is 1. The first-order valence-electron chi connectivity index (χ1n) is 2.92. The maximum Gasteiger partial charge on any atom is 0.165 e. The second-order valence-electron chi connectivity index (χ2n) is 1.74. The molecule has 0 bridgehead atoms. The molecule has 0 saturated carbocycles. The maximum atomic E-state index is 5.74. The summed E-state index contributed by atoms with van der Waals surface area (Å²) < 4.78 is 0. The first-order valence-corrected chi connectivity index (χ1v) is 3.30. The molecule has 0 radical (unpaired) electrons. The lowest BCUT2D eigenvalue weighted by atomic mass is 10.3. The summed E-state index contributed by atoms with van der Waals surface area (Å²) in [7, 11) is 1.68. The number of rotatable bonds is 2. The van der Waals surface area contributed by atoms with Crippen molar-refractivity contribution in [3.63, 3.8) is 0 Å². The fourth-order valence-corrected chi connectivity index (χ4v) is 0.812. The zero-order valence-corrected chi connectivity index (χ0v) is 6.35. The molecule has 0 aliphatic heterocycles. The minimum absolute atomic E-state index is 0.608. The summed E-state index contributed by atoms with van der Waals surface area (Å²) in [6.45, 7) is 0. The van der Waals surface area contributed by atoms with Gasteiger partial charge in [0, 0.05) is 7.05 Å². The van der Waals surface area contributed by atoms with E-state index in [1.54, 1.807) is 19.2 Å². The van der Waals surface area contributed by atoms with Crippen LogP contribution in [0.5, 0.6) is 5.75 Å². The normalized spacial score (nSPS) is 9.40. The van der Waals surface area contributed by atoms with Crippen molar-refractivity contribution in [1.82, 2.24) is 5.48 Å². The van der Waals surface area contributed by atoms with Crippen molar-refractivity contribution in [3.8, 4) is 5.75 Å². The van der Waals surface area contributed by atoms with Crippen molar-refractivity contribution in [2.45, 2.75) is 0 Å². The Morgan fingerprint density at radius 3 is 2.70 bits per heavy atom. The van der Waals surface area contributed by atoms with Crippen molar-refractivity contribution in [1.29, 1.82) is 0 Å². The molecule has 0 aliphatic rings. The molecular weight excluding hydrogens is 150 g/mol. The first kappa shape index (κ1) is 7.38. The SMILES string of the molecule is CNOc1ccccc1Cl. The molecule has 0 unspecified atom stereocenters. The fraction of sp³-hybridized carbons (Fsp3) is 0.143. The standard InChI is InChI=1S/C7H8ClNO/c1-9-10-7-5-3-2-4-6(7)8/h2-5,9H,1H3. The minimum atomic E-state index is 0.608. The van der Waals surface area contributed by atoms with Gasteiger partial charge in [-0.1, -0.05) is 23.7 Å². The Hall–Kier alpha value is -0.730. The molecule has 1 aromatic carbocycles. The van der Waals surface area contributed by atoms with E-state index in [0.29, 0.717) is 10.8 Å². The van der Waals surface area contributed by atoms with E-state index in [-0.39, 0.29) is 0 Å². The lowest BCUT2D eigenvalue weighted by molar-refractivity contribution is 0.224. The molecular formula is C7H8ClNO. The summed E-state index contributed by atoms with van der Waals surface area (Å²) in [4.78, 5) is 4.95. The average Bonchev–Trinajstić information content (AvgIpc) is 1.94. The number of nitrogens with one attached hydrogen (secondary N) is 1. The third-order valence-corrected chi connectivity index (χ3v) is 1.36. The molecule has 0 atom stereocenters. The highest BCUT2D eigenvalue weighted by Gasteiger charge is 1.96. The van der Waals surface area contributed by atoms with Gasteiger partial charge in [0.2, 0.25) is 0 Å². The summed E-state index contributed by atoms with van der Waals surface area (Å²) in [5, 5.41) is 0.608. The second-order valence-corrected chi connectivity index (χ2v) is 2.14. The van der Waals surface area contributed by atoms with Crippen molar-refractivity contribution in [2.75, 3.05) is 7.05 Å². The van der Waals surface area contributed by atoms with Crippen molar-refractivity contribution in [3.05, 3.63) is 29.3 Å². The van der Waals surface area contributed by atoms with E-state index in [2.05, 4.69) is 5.48 Å². The van der Waals surface area contributed by atoms with E-state index in [1.165, 1.54) is 0 Å². The second kappa shape index (κ2) is 3.44. The number of halogens is 1. The van der Waals surface area contributed by atoms with Gasteiger partial charge in [0.25, 0.3) is 0 Å². The van der Waals surface area contributed by atoms with E-state index in [1.807, 2.05) is 12.1 Å². The van der Waals surface area contributed by atoms with Crippen molar-refractivity contribution < 1.29 is 4.84 Å². The molecule has 1 N–H and O–H groups in total. The van der Waals surface area contributed by atoms with E-state index in [9.17, 15) is 0 Å². The molecule has 1 aromatic rings. The molecule has 0 heterocycles. The summed E-state index contributed by atoms with van der Waals surface area (Å²) in [5.41, 5.74) is 2.54. The predicted molar refractivity (Wildman–Crippen MR) is 41.1 cm³/mol. The van der Waals surface area contributed by atoms with Gasteiger partial charge in [-0.2, -0.15) is 5.48 Å². The smallest absolute Gasteiger partial charge is 0.165 e. The third-order valence-electron chi connectivity index (χ3n) is 1.05. The molecule has 0 fully saturated rings. The molecule has 0 aromatic heterocycles. The van der Waals surface area contributed by atoms with Crippen LogP contribution in [0.3, 0.4) is 0 Å². The Morgan fingerprint density at radius 2 is 2.10 bits per heavy atom. The van der Waals surface area contributed by atoms with Crippen molar-refractivity contribution >= 4 is 11.6 Å². The van der Waals surface area contributed by atoms with Crippen LogP contribution in [0.2, 0.25) is 5.02 Å². The molecule has 3 heteroatoms. The monoisotopic (exact) mass is 157 g/mol. The quantitative estimate of drug-likeness (QED) is 0.662. The summed E-state index contributed by atoms with van der Waals surface area (Å²) in [5.74, 6) is 0.645. The minimum Gasteiger partial charge on any atom is -0.407 e. The number of para-hydroxylation sites is 1. The molecule has 1 rings (SSSR count). The third kappa shape index (κ3) is 1.62. The highest BCUT2D eigenvalue weighted by Crippen LogP contribution is 2.21. The first-order chi connectivity index (χ1) is 4.84. The predicted octanol–water partition coefficient (Wildman–Crippen LogP) is 1.85. The Balaban J connectivity index is 2.81. The summed E-state index contributed by atoms with van der Waals surface area (Å²) in [6.07, 6.45) is 0. The Kier molecular flexibility index (Phi) is 2.54. The zero-order valence-electron chi connectivity index (χ0n) is 5.60. The van der Waals surface area contributed by atoms with Crippen LogP contribution >= 0.6 is 11.6 Å². The molecule has 0 aliphatic carbocycles. The van der Waals surface area contributed by atoms with Gasteiger partial charge in [-0.3, -0.25) is 0 Å². The van der Waals surface area contributed by atoms with Crippen LogP contribution in [0, 0.1) is 0 Å². The largest absolute Gasteiger partial charge is 0.407 e. The molecule has 54 valence electrons. The summed E-state index contributed by atoms with van der Waals surface area (Å²) >= 11 is 5.74. The Morgan fingerprint density at radius 1 is 1.40 bits per heavy atom. The summed E-state index contributed by atoms with van der Waals surface area (Å²) in [6, 6.07) is 7.27. The van der Waals surface area contributed by atoms with Crippen LogP contribution in [0.4, 0.5) is 0 Å². The molecule has 0 amide bonds. The average molecular weight is 158 g/mol. The number of hydroxylamine groups is 1. The zero-order chi connectivity index (χ0) is 7.40. The van der Waals surface area contributed by atoms with Gasteiger partial charge in [-0.25, -0.2) is 0 Å². The molecule has 2 nitrogen and oxygen atoms in total. The fourth-order valence-electron chi connectivity index (χ4n) is 0.637. The van der Waals surface area contributed by atoms with Crippen LogP contribution in [0.1, 0.15) is 0 Å². The van der Waals surface area contributed by atoms with Gasteiger partial charge in [0.15, 0.2) is 5.75 Å². The van der Waals surface area contributed by atoms with Crippen LogP contribution in [0.15, 0.2) is 24.3 Å². The lowest BCUT2D eigenvalue weighted by Crippen LogP contribution is -2.10. The van der Waals surface area contributed by atoms with Gasteiger partial charge in [-0.15, -0.1) is 0 Å².